The van der Waals surface area contributed by atoms with Crippen LogP contribution in [-0.2, 0) is 11.3 Å². The molecule has 2 N–H and O–H groups in total. The molecule has 0 radical (unpaired) electrons. The van der Waals surface area contributed by atoms with E-state index in [-0.39, 0.29) is 5.97 Å². The van der Waals surface area contributed by atoms with Crippen LogP contribution in [-0.4, -0.2) is 23.0 Å². The molecule has 0 aliphatic rings. The molecule has 2 aromatic heterocycles. The molecule has 0 unspecified atom stereocenters. The summed E-state index contributed by atoms with van der Waals surface area (Å²) in [5.41, 5.74) is 1.44. The van der Waals surface area contributed by atoms with Gasteiger partial charge in [0.15, 0.2) is 5.13 Å². The Balaban J connectivity index is 1.95. The van der Waals surface area contributed by atoms with Gasteiger partial charge in [-0.1, -0.05) is 0 Å². The predicted molar refractivity (Wildman–Crippen MR) is 66.3 cm³/mol. The molecular formula is C11H13N3O2S. The second-order valence-electron chi connectivity index (χ2n) is 3.54. The number of carbonyl (C=O) groups excluding carboxylic acids is 1. The number of H-pyrrole nitrogens is 1. The first kappa shape index (κ1) is 11.7. The van der Waals surface area contributed by atoms with Crippen LogP contribution in [0.3, 0.4) is 0 Å². The molecule has 0 saturated carbocycles. The van der Waals surface area contributed by atoms with Gasteiger partial charge in [-0.3, -0.25) is 0 Å². The number of esters is 1. The van der Waals surface area contributed by atoms with E-state index in [4.69, 9.17) is 0 Å². The molecule has 17 heavy (non-hydrogen) atoms. The van der Waals surface area contributed by atoms with Crippen molar-refractivity contribution in [3.8, 4) is 0 Å². The number of aromatic amines is 1. The minimum atomic E-state index is -0.360. The molecule has 0 aliphatic heterocycles. The first-order chi connectivity index (χ1) is 8.19. The molecule has 0 fully saturated rings. The zero-order valence-corrected chi connectivity index (χ0v) is 10.4. The standard InChI is InChI=1S/C11H13N3O2S/c1-7-4-13-11(17-7)14-6-8-3-9(12-5-8)10(15)16-2/h3-5,12H,6H2,1-2H3,(H,13,14). The number of anilines is 1. The third-order valence-corrected chi connectivity index (χ3v) is 3.08. The Morgan fingerprint density at radius 1 is 1.65 bits per heavy atom. The summed E-state index contributed by atoms with van der Waals surface area (Å²) in [6.45, 7) is 2.63. The maximum Gasteiger partial charge on any atom is 0.354 e. The van der Waals surface area contributed by atoms with Crippen molar-refractivity contribution < 1.29 is 9.53 Å². The molecule has 90 valence electrons. The van der Waals surface area contributed by atoms with E-state index < -0.39 is 0 Å². The Bertz CT molecular complexity index is 518. The van der Waals surface area contributed by atoms with Crippen molar-refractivity contribution in [1.82, 2.24) is 9.97 Å². The Labute approximate surface area is 103 Å². The number of carbonyl (C=O) groups is 1. The summed E-state index contributed by atoms with van der Waals surface area (Å²) in [6.07, 6.45) is 3.60. The molecule has 0 bridgehead atoms. The Hall–Kier alpha value is -1.82. The number of thiazole rings is 1. The lowest BCUT2D eigenvalue weighted by atomic mass is 10.3. The SMILES string of the molecule is COC(=O)c1cc(CNc2ncc(C)s2)c[nH]1. The summed E-state index contributed by atoms with van der Waals surface area (Å²) in [6, 6.07) is 1.76. The smallest absolute Gasteiger partial charge is 0.354 e. The first-order valence-electron chi connectivity index (χ1n) is 5.11. The topological polar surface area (TPSA) is 67.0 Å². The van der Waals surface area contributed by atoms with Crippen molar-refractivity contribution in [2.75, 3.05) is 12.4 Å². The lowest BCUT2D eigenvalue weighted by Gasteiger charge is -1.98. The Kier molecular flexibility index (Phi) is 3.43. The molecule has 2 rings (SSSR count). The van der Waals surface area contributed by atoms with Crippen LogP contribution in [0.2, 0.25) is 0 Å². The fourth-order valence-electron chi connectivity index (χ4n) is 1.38. The summed E-state index contributed by atoms with van der Waals surface area (Å²) >= 11 is 1.60. The fraction of sp³-hybridized carbons (Fsp3) is 0.273. The minimum absolute atomic E-state index is 0.360. The molecule has 0 aromatic carbocycles. The van der Waals surface area contributed by atoms with Crippen molar-refractivity contribution in [3.63, 3.8) is 0 Å². The number of aryl methyl sites for hydroxylation is 1. The fourth-order valence-corrected chi connectivity index (χ4v) is 2.04. The van der Waals surface area contributed by atoms with Crippen LogP contribution in [0.1, 0.15) is 20.9 Å². The van der Waals surface area contributed by atoms with E-state index in [1.165, 1.54) is 7.11 Å². The molecule has 2 aromatic rings. The Morgan fingerprint density at radius 3 is 3.12 bits per heavy atom. The number of nitrogens with one attached hydrogen (secondary N) is 2. The average Bonchev–Trinajstić information content (AvgIpc) is 2.94. The van der Waals surface area contributed by atoms with Crippen LogP contribution >= 0.6 is 11.3 Å². The van der Waals surface area contributed by atoms with Gasteiger partial charge in [-0.15, -0.1) is 11.3 Å². The van der Waals surface area contributed by atoms with E-state index >= 15 is 0 Å². The van der Waals surface area contributed by atoms with Crippen molar-refractivity contribution in [2.45, 2.75) is 13.5 Å². The van der Waals surface area contributed by atoms with Crippen molar-refractivity contribution in [1.29, 1.82) is 0 Å². The first-order valence-corrected chi connectivity index (χ1v) is 5.92. The van der Waals surface area contributed by atoms with Crippen molar-refractivity contribution >= 4 is 22.4 Å². The summed E-state index contributed by atoms with van der Waals surface area (Å²) in [4.78, 5) is 19.4. The largest absolute Gasteiger partial charge is 0.464 e. The maximum atomic E-state index is 11.2. The van der Waals surface area contributed by atoms with Gasteiger partial charge >= 0.3 is 5.97 Å². The maximum absolute atomic E-state index is 11.2. The van der Waals surface area contributed by atoms with Crippen LogP contribution in [0.15, 0.2) is 18.5 Å². The van der Waals surface area contributed by atoms with Crippen molar-refractivity contribution in [2.24, 2.45) is 0 Å². The highest BCUT2D eigenvalue weighted by Crippen LogP contribution is 2.17. The molecular weight excluding hydrogens is 238 g/mol. The second-order valence-corrected chi connectivity index (χ2v) is 4.78. The van der Waals surface area contributed by atoms with Crippen molar-refractivity contribution in [3.05, 3.63) is 34.6 Å². The summed E-state index contributed by atoms with van der Waals surface area (Å²) in [5, 5.41) is 4.07. The van der Waals surface area contributed by atoms with Gasteiger partial charge in [0, 0.05) is 23.8 Å². The van der Waals surface area contributed by atoms with Gasteiger partial charge in [0.05, 0.1) is 7.11 Å². The van der Waals surface area contributed by atoms with E-state index in [2.05, 4.69) is 20.0 Å². The lowest BCUT2D eigenvalue weighted by molar-refractivity contribution is 0.0595. The number of hydrogen-bond acceptors (Lipinski definition) is 5. The molecule has 5 nitrogen and oxygen atoms in total. The second kappa shape index (κ2) is 5.01. The highest BCUT2D eigenvalue weighted by Gasteiger charge is 2.08. The Morgan fingerprint density at radius 2 is 2.47 bits per heavy atom. The number of hydrogen-bond donors (Lipinski definition) is 2. The van der Waals surface area contributed by atoms with Gasteiger partial charge in [0.2, 0.25) is 0 Å². The molecule has 0 spiro atoms. The monoisotopic (exact) mass is 251 g/mol. The van der Waals surface area contributed by atoms with E-state index in [0.717, 1.165) is 15.6 Å². The van der Waals surface area contributed by atoms with Gasteiger partial charge in [-0.2, -0.15) is 0 Å². The lowest BCUT2D eigenvalue weighted by Crippen LogP contribution is -2.01. The van der Waals surface area contributed by atoms with E-state index in [9.17, 15) is 4.79 Å². The van der Waals surface area contributed by atoms with Gasteiger partial charge in [0.1, 0.15) is 5.69 Å². The third-order valence-electron chi connectivity index (χ3n) is 2.21. The van der Waals surface area contributed by atoms with Crippen LogP contribution in [0.25, 0.3) is 0 Å². The number of nitrogens with zero attached hydrogens (tertiary/aromatic N) is 1. The highest BCUT2D eigenvalue weighted by atomic mass is 32.1. The van der Waals surface area contributed by atoms with Gasteiger partial charge < -0.3 is 15.0 Å². The normalized spacial score (nSPS) is 10.2. The molecule has 0 atom stereocenters. The minimum Gasteiger partial charge on any atom is -0.464 e. The van der Waals surface area contributed by atoms with E-state index in [1.54, 1.807) is 23.6 Å². The molecule has 0 amide bonds. The van der Waals surface area contributed by atoms with Crippen LogP contribution in [0, 0.1) is 6.92 Å². The third kappa shape index (κ3) is 2.85. The summed E-state index contributed by atoms with van der Waals surface area (Å²) in [7, 11) is 1.36. The van der Waals surface area contributed by atoms with Crippen LogP contribution < -0.4 is 5.32 Å². The number of ether oxygens (including phenoxy) is 1. The van der Waals surface area contributed by atoms with Crippen LogP contribution in [0.4, 0.5) is 5.13 Å². The zero-order valence-electron chi connectivity index (χ0n) is 9.61. The zero-order chi connectivity index (χ0) is 12.3. The number of methoxy groups -OCH3 is 1. The molecule has 6 heteroatoms. The summed E-state index contributed by atoms with van der Waals surface area (Å²) in [5.74, 6) is -0.360. The number of rotatable bonds is 4. The quantitative estimate of drug-likeness (QED) is 0.817. The summed E-state index contributed by atoms with van der Waals surface area (Å²) < 4.78 is 4.61. The van der Waals surface area contributed by atoms with Crippen LogP contribution in [0.5, 0.6) is 0 Å². The van der Waals surface area contributed by atoms with E-state index in [0.29, 0.717) is 12.2 Å². The average molecular weight is 251 g/mol. The molecule has 0 saturated heterocycles. The van der Waals surface area contributed by atoms with Gasteiger partial charge in [0.25, 0.3) is 0 Å². The van der Waals surface area contributed by atoms with Gasteiger partial charge in [-0.25, -0.2) is 9.78 Å². The number of aromatic nitrogens is 2. The van der Waals surface area contributed by atoms with E-state index in [1.807, 2.05) is 13.1 Å². The highest BCUT2D eigenvalue weighted by molar-refractivity contribution is 7.15. The molecule has 2 heterocycles. The molecule has 0 aliphatic carbocycles. The van der Waals surface area contributed by atoms with Gasteiger partial charge in [-0.05, 0) is 18.6 Å². The predicted octanol–water partition coefficient (Wildman–Crippen LogP) is 2.18.